The molecule has 1 aliphatic carbocycles. The van der Waals surface area contributed by atoms with Gasteiger partial charge in [0.2, 0.25) is 10.0 Å². The molecule has 4 rings (SSSR count). The molecule has 0 unspecified atom stereocenters. The minimum atomic E-state index is -3.63. The van der Waals surface area contributed by atoms with E-state index in [0.29, 0.717) is 38.4 Å². The Hall–Kier alpha value is -1.74. The zero-order chi connectivity index (χ0) is 21.2. The number of amides is 1. The number of hydrogen-bond donors (Lipinski definition) is 1. The van der Waals surface area contributed by atoms with Gasteiger partial charge in [-0.15, -0.1) is 0 Å². The van der Waals surface area contributed by atoms with Crippen LogP contribution in [-0.4, -0.2) is 51.5 Å². The number of sulfonamides is 1. The molecule has 1 heterocycles. The Kier molecular flexibility index (Phi) is 6.29. The van der Waals surface area contributed by atoms with E-state index in [2.05, 4.69) is 33.4 Å². The fourth-order valence-corrected chi connectivity index (χ4v) is 5.93. The van der Waals surface area contributed by atoms with E-state index < -0.39 is 10.0 Å². The molecule has 160 valence electrons. The lowest BCUT2D eigenvalue weighted by molar-refractivity contribution is 0.0730. The predicted octanol–water partition coefficient (Wildman–Crippen LogP) is 3.32. The van der Waals surface area contributed by atoms with Gasteiger partial charge in [-0.1, -0.05) is 40.5 Å². The number of carbonyl (C=O) groups excluding carboxylic acids is 1. The number of morpholine rings is 1. The Bertz CT molecular complexity index is 1030. The SMILES string of the molecule is O=C(NCC1(c2cccc(Br)c2)CCC1)c1cccc(S(=O)(=O)N2CCOCC2)c1. The van der Waals surface area contributed by atoms with Crippen molar-refractivity contribution < 1.29 is 17.9 Å². The Morgan fingerprint density at radius 2 is 1.83 bits per heavy atom. The van der Waals surface area contributed by atoms with Crippen LogP contribution >= 0.6 is 15.9 Å². The average molecular weight is 493 g/mol. The fraction of sp³-hybridized carbons (Fsp3) is 0.409. The summed E-state index contributed by atoms with van der Waals surface area (Å²) in [5.74, 6) is -0.254. The summed E-state index contributed by atoms with van der Waals surface area (Å²) < 4.78 is 33.4. The van der Waals surface area contributed by atoms with Gasteiger partial charge in [-0.05, 0) is 48.7 Å². The number of nitrogens with one attached hydrogen (secondary N) is 1. The molecule has 2 aliphatic rings. The van der Waals surface area contributed by atoms with E-state index in [1.165, 1.54) is 22.0 Å². The van der Waals surface area contributed by atoms with E-state index in [1.807, 2.05) is 12.1 Å². The van der Waals surface area contributed by atoms with Crippen molar-refractivity contribution in [3.8, 4) is 0 Å². The number of rotatable bonds is 6. The minimum absolute atomic E-state index is 0.0586. The van der Waals surface area contributed by atoms with Gasteiger partial charge in [0.05, 0.1) is 18.1 Å². The maximum atomic E-state index is 12.9. The summed E-state index contributed by atoms with van der Waals surface area (Å²) in [7, 11) is -3.63. The monoisotopic (exact) mass is 492 g/mol. The number of hydrogen-bond acceptors (Lipinski definition) is 4. The first-order chi connectivity index (χ1) is 14.4. The third kappa shape index (κ3) is 4.32. The van der Waals surface area contributed by atoms with E-state index in [-0.39, 0.29) is 16.2 Å². The highest BCUT2D eigenvalue weighted by Gasteiger charge is 2.39. The summed E-state index contributed by atoms with van der Waals surface area (Å²) in [6.45, 7) is 1.96. The molecule has 30 heavy (non-hydrogen) atoms. The molecular formula is C22H25BrN2O4S. The first-order valence-electron chi connectivity index (χ1n) is 10.1. The van der Waals surface area contributed by atoms with Crippen LogP contribution < -0.4 is 5.32 Å². The van der Waals surface area contributed by atoms with Crippen molar-refractivity contribution in [1.29, 1.82) is 0 Å². The van der Waals surface area contributed by atoms with Gasteiger partial charge in [0, 0.05) is 35.1 Å². The van der Waals surface area contributed by atoms with Crippen LogP contribution in [0, 0.1) is 0 Å². The number of halogens is 1. The highest BCUT2D eigenvalue weighted by atomic mass is 79.9. The van der Waals surface area contributed by atoms with Crippen LogP contribution in [0.25, 0.3) is 0 Å². The molecule has 2 aromatic carbocycles. The number of carbonyl (C=O) groups is 1. The van der Waals surface area contributed by atoms with Crippen LogP contribution in [0.3, 0.4) is 0 Å². The largest absolute Gasteiger partial charge is 0.379 e. The molecular weight excluding hydrogens is 468 g/mol. The maximum absolute atomic E-state index is 12.9. The van der Waals surface area contributed by atoms with Gasteiger partial charge in [0.1, 0.15) is 0 Å². The van der Waals surface area contributed by atoms with Crippen molar-refractivity contribution in [1.82, 2.24) is 9.62 Å². The van der Waals surface area contributed by atoms with Crippen molar-refractivity contribution in [3.05, 3.63) is 64.1 Å². The molecule has 1 saturated carbocycles. The molecule has 8 heteroatoms. The molecule has 0 atom stereocenters. The Morgan fingerprint density at radius 3 is 2.50 bits per heavy atom. The van der Waals surface area contributed by atoms with E-state index in [9.17, 15) is 13.2 Å². The zero-order valence-corrected chi connectivity index (χ0v) is 19.0. The molecule has 2 aromatic rings. The lowest BCUT2D eigenvalue weighted by Crippen LogP contribution is -2.45. The van der Waals surface area contributed by atoms with Gasteiger partial charge in [-0.25, -0.2) is 8.42 Å². The lowest BCUT2D eigenvalue weighted by atomic mass is 9.64. The van der Waals surface area contributed by atoms with Crippen LogP contribution in [0.1, 0.15) is 35.2 Å². The third-order valence-electron chi connectivity index (χ3n) is 6.04. The molecule has 0 bridgehead atoms. The molecule has 0 spiro atoms. The number of nitrogens with zero attached hydrogens (tertiary/aromatic N) is 1. The van der Waals surface area contributed by atoms with E-state index >= 15 is 0 Å². The van der Waals surface area contributed by atoms with Crippen LogP contribution in [0.2, 0.25) is 0 Å². The third-order valence-corrected chi connectivity index (χ3v) is 8.43. The van der Waals surface area contributed by atoms with Crippen molar-refractivity contribution in [2.24, 2.45) is 0 Å². The van der Waals surface area contributed by atoms with Crippen molar-refractivity contribution in [3.63, 3.8) is 0 Å². The molecule has 1 N–H and O–H groups in total. The van der Waals surface area contributed by atoms with Crippen molar-refractivity contribution >= 4 is 31.9 Å². The fourth-order valence-electron chi connectivity index (χ4n) is 4.07. The standard InChI is InChI=1S/C22H25BrN2O4S/c23-19-6-2-5-18(15-19)22(8-3-9-22)16-24-21(26)17-4-1-7-20(14-17)30(27,28)25-10-12-29-13-11-25/h1-2,4-7,14-15H,3,8-13,16H2,(H,24,26). The molecule has 6 nitrogen and oxygen atoms in total. The van der Waals surface area contributed by atoms with Crippen LogP contribution in [0.5, 0.6) is 0 Å². The van der Waals surface area contributed by atoms with Gasteiger partial charge < -0.3 is 10.1 Å². The number of ether oxygens (including phenoxy) is 1. The molecule has 1 aliphatic heterocycles. The molecule has 1 amide bonds. The summed E-state index contributed by atoms with van der Waals surface area (Å²) in [6, 6.07) is 14.5. The maximum Gasteiger partial charge on any atom is 0.251 e. The Labute approximate surface area is 185 Å². The lowest BCUT2D eigenvalue weighted by Gasteiger charge is -2.42. The first kappa shape index (κ1) is 21.5. The summed E-state index contributed by atoms with van der Waals surface area (Å²) in [5.41, 5.74) is 1.51. The highest BCUT2D eigenvalue weighted by molar-refractivity contribution is 9.10. The Balaban J connectivity index is 1.48. The van der Waals surface area contributed by atoms with Crippen molar-refractivity contribution in [2.75, 3.05) is 32.8 Å². The van der Waals surface area contributed by atoms with Crippen LogP contribution in [-0.2, 0) is 20.2 Å². The summed E-state index contributed by atoms with van der Waals surface area (Å²) in [5, 5.41) is 3.04. The zero-order valence-electron chi connectivity index (χ0n) is 16.6. The molecule has 0 radical (unpaired) electrons. The molecule has 2 fully saturated rings. The Morgan fingerprint density at radius 1 is 1.10 bits per heavy atom. The van der Waals surface area contributed by atoms with Gasteiger partial charge in [0.15, 0.2) is 0 Å². The second-order valence-electron chi connectivity index (χ2n) is 7.87. The van der Waals surface area contributed by atoms with Crippen LogP contribution in [0.4, 0.5) is 0 Å². The van der Waals surface area contributed by atoms with E-state index in [0.717, 1.165) is 23.7 Å². The van der Waals surface area contributed by atoms with Crippen LogP contribution in [0.15, 0.2) is 57.9 Å². The smallest absolute Gasteiger partial charge is 0.251 e. The minimum Gasteiger partial charge on any atom is -0.379 e. The van der Waals surface area contributed by atoms with Gasteiger partial charge >= 0.3 is 0 Å². The first-order valence-corrected chi connectivity index (χ1v) is 12.4. The molecule has 0 aromatic heterocycles. The van der Waals surface area contributed by atoms with Gasteiger partial charge in [0.25, 0.3) is 5.91 Å². The highest BCUT2D eigenvalue weighted by Crippen LogP contribution is 2.43. The van der Waals surface area contributed by atoms with E-state index in [1.54, 1.807) is 12.1 Å². The van der Waals surface area contributed by atoms with Gasteiger partial charge in [-0.2, -0.15) is 4.31 Å². The summed E-state index contributed by atoms with van der Waals surface area (Å²) in [6.07, 6.45) is 3.18. The summed E-state index contributed by atoms with van der Waals surface area (Å²) in [4.78, 5) is 13.0. The average Bonchev–Trinajstić information content (AvgIpc) is 2.73. The van der Waals surface area contributed by atoms with Gasteiger partial charge in [-0.3, -0.25) is 4.79 Å². The summed E-state index contributed by atoms with van der Waals surface area (Å²) >= 11 is 3.53. The normalized spacial score (nSPS) is 19.1. The second-order valence-corrected chi connectivity index (χ2v) is 10.7. The van der Waals surface area contributed by atoms with Crippen molar-refractivity contribution in [2.45, 2.75) is 29.6 Å². The second kappa shape index (κ2) is 8.78. The quantitative estimate of drug-likeness (QED) is 0.670. The topological polar surface area (TPSA) is 75.7 Å². The van der Waals surface area contributed by atoms with E-state index in [4.69, 9.17) is 4.74 Å². The number of benzene rings is 2. The predicted molar refractivity (Wildman–Crippen MR) is 118 cm³/mol. The molecule has 1 saturated heterocycles.